The molecule has 1 aromatic rings. The van der Waals surface area contributed by atoms with Crippen LogP contribution in [0.1, 0.15) is 29.6 Å². The van der Waals surface area contributed by atoms with Crippen LogP contribution in [0, 0.1) is 5.92 Å². The van der Waals surface area contributed by atoms with Crippen LogP contribution in [0.4, 0.5) is 5.00 Å². The Morgan fingerprint density at radius 3 is 2.89 bits per heavy atom. The van der Waals surface area contributed by atoms with Gasteiger partial charge in [0.15, 0.2) is 0 Å². The summed E-state index contributed by atoms with van der Waals surface area (Å²) in [7, 11) is -2.01. The Balaban J connectivity index is 1.94. The molecule has 0 bridgehead atoms. The quantitative estimate of drug-likeness (QED) is 0.814. The third kappa shape index (κ3) is 3.71. The summed E-state index contributed by atoms with van der Waals surface area (Å²) >= 11 is 1.18. The molecule has 2 rings (SSSR count). The number of hydrogen-bond acceptors (Lipinski definition) is 5. The van der Waals surface area contributed by atoms with Crippen molar-refractivity contribution < 1.29 is 17.9 Å². The average molecular weight is 289 g/mol. The van der Waals surface area contributed by atoms with Crippen molar-refractivity contribution >= 4 is 32.3 Å². The molecule has 1 heterocycles. The van der Waals surface area contributed by atoms with Crippen LogP contribution in [0.2, 0.25) is 0 Å². The maximum absolute atomic E-state index is 11.8. The molecule has 1 aliphatic rings. The SMILES string of the molecule is COC(=O)c1csc(NS(=O)(=O)CCC2CC2)c1. The molecule has 5 nitrogen and oxygen atoms in total. The number of carbonyl (C=O) groups is 1. The average Bonchev–Trinajstić information content (AvgIpc) is 3.05. The molecule has 0 saturated heterocycles. The first-order valence-electron chi connectivity index (χ1n) is 5.67. The molecule has 1 aliphatic carbocycles. The van der Waals surface area contributed by atoms with E-state index >= 15 is 0 Å². The zero-order chi connectivity index (χ0) is 13.2. The van der Waals surface area contributed by atoms with Crippen LogP contribution in [0.5, 0.6) is 0 Å². The third-order valence-electron chi connectivity index (χ3n) is 2.77. The molecule has 0 spiro atoms. The molecule has 1 fully saturated rings. The maximum Gasteiger partial charge on any atom is 0.338 e. The van der Waals surface area contributed by atoms with Crippen molar-refractivity contribution in [2.75, 3.05) is 17.6 Å². The second-order valence-electron chi connectivity index (χ2n) is 4.34. The maximum atomic E-state index is 11.8. The Morgan fingerprint density at radius 2 is 2.28 bits per heavy atom. The molecule has 7 heteroatoms. The number of ether oxygens (including phenoxy) is 1. The molecule has 0 atom stereocenters. The Bertz CT molecular complexity index is 531. The van der Waals surface area contributed by atoms with E-state index in [1.165, 1.54) is 24.5 Å². The van der Waals surface area contributed by atoms with E-state index in [1.807, 2.05) is 0 Å². The van der Waals surface area contributed by atoms with Crippen LogP contribution in [-0.4, -0.2) is 27.2 Å². The number of esters is 1. The van der Waals surface area contributed by atoms with Crippen molar-refractivity contribution in [2.24, 2.45) is 5.92 Å². The molecule has 100 valence electrons. The zero-order valence-electron chi connectivity index (χ0n) is 10.0. The summed E-state index contributed by atoms with van der Waals surface area (Å²) in [5, 5.41) is 2.02. The fourth-order valence-electron chi connectivity index (χ4n) is 1.55. The molecule has 1 N–H and O–H groups in total. The third-order valence-corrected chi connectivity index (χ3v) is 5.05. The lowest BCUT2D eigenvalue weighted by Crippen LogP contribution is -2.16. The second-order valence-corrected chi connectivity index (χ2v) is 7.10. The van der Waals surface area contributed by atoms with E-state index in [9.17, 15) is 13.2 Å². The van der Waals surface area contributed by atoms with Gasteiger partial charge in [-0.1, -0.05) is 12.8 Å². The lowest BCUT2D eigenvalue weighted by molar-refractivity contribution is 0.0601. The largest absolute Gasteiger partial charge is 0.465 e. The first kappa shape index (κ1) is 13.4. The fourth-order valence-corrected chi connectivity index (χ4v) is 3.84. The highest BCUT2D eigenvalue weighted by molar-refractivity contribution is 7.92. The molecular formula is C11H15NO4S2. The summed E-state index contributed by atoms with van der Waals surface area (Å²) in [5.41, 5.74) is 0.363. The van der Waals surface area contributed by atoms with Crippen molar-refractivity contribution in [1.29, 1.82) is 0 Å². The zero-order valence-corrected chi connectivity index (χ0v) is 11.6. The van der Waals surface area contributed by atoms with Crippen molar-refractivity contribution in [2.45, 2.75) is 19.3 Å². The molecule has 0 radical (unpaired) electrons. The van der Waals surface area contributed by atoms with Gasteiger partial charge in [0.2, 0.25) is 10.0 Å². The van der Waals surface area contributed by atoms with Gasteiger partial charge in [0.25, 0.3) is 0 Å². The number of hydrogen-bond donors (Lipinski definition) is 1. The van der Waals surface area contributed by atoms with E-state index in [4.69, 9.17) is 0 Å². The van der Waals surface area contributed by atoms with Gasteiger partial charge in [0.1, 0.15) is 5.00 Å². The van der Waals surface area contributed by atoms with Gasteiger partial charge in [-0.15, -0.1) is 11.3 Å². The standard InChI is InChI=1S/C11H15NO4S2/c1-16-11(13)9-6-10(17-7-9)12-18(14,15)5-4-8-2-3-8/h6-8,12H,2-5H2,1H3. The highest BCUT2D eigenvalue weighted by atomic mass is 32.2. The lowest BCUT2D eigenvalue weighted by atomic mass is 10.3. The normalized spacial score (nSPS) is 15.4. The molecule has 0 aromatic carbocycles. The monoisotopic (exact) mass is 289 g/mol. The predicted octanol–water partition coefficient (Wildman–Crippen LogP) is 2.08. The number of thiophene rings is 1. The van der Waals surface area contributed by atoms with Crippen LogP contribution in [-0.2, 0) is 14.8 Å². The fraction of sp³-hybridized carbons (Fsp3) is 0.545. The van der Waals surface area contributed by atoms with E-state index in [2.05, 4.69) is 9.46 Å². The summed E-state index contributed by atoms with van der Waals surface area (Å²) in [5.74, 6) is 0.258. The van der Waals surface area contributed by atoms with Gasteiger partial charge in [-0.05, 0) is 18.4 Å². The Hall–Kier alpha value is -1.08. The minimum Gasteiger partial charge on any atom is -0.465 e. The smallest absolute Gasteiger partial charge is 0.338 e. The number of carbonyl (C=O) groups excluding carboxylic acids is 1. The molecule has 0 unspecified atom stereocenters. The Kier molecular flexibility index (Phi) is 3.91. The number of rotatable bonds is 6. The van der Waals surface area contributed by atoms with Gasteiger partial charge in [0.05, 0.1) is 18.4 Å². The van der Waals surface area contributed by atoms with E-state index in [1.54, 1.807) is 5.38 Å². The lowest BCUT2D eigenvalue weighted by Gasteiger charge is -2.04. The number of nitrogens with one attached hydrogen (secondary N) is 1. The number of anilines is 1. The molecule has 0 amide bonds. The van der Waals surface area contributed by atoms with E-state index in [0.29, 0.717) is 22.9 Å². The summed E-state index contributed by atoms with van der Waals surface area (Å²) in [6.45, 7) is 0. The van der Waals surface area contributed by atoms with E-state index in [-0.39, 0.29) is 5.75 Å². The van der Waals surface area contributed by atoms with Gasteiger partial charge in [0, 0.05) is 5.38 Å². The second kappa shape index (κ2) is 5.27. The van der Waals surface area contributed by atoms with Crippen LogP contribution in [0.3, 0.4) is 0 Å². The van der Waals surface area contributed by atoms with E-state index in [0.717, 1.165) is 12.8 Å². The van der Waals surface area contributed by atoms with Gasteiger partial charge < -0.3 is 4.74 Å². The number of sulfonamides is 1. The predicted molar refractivity (Wildman–Crippen MR) is 70.4 cm³/mol. The van der Waals surface area contributed by atoms with Crippen LogP contribution < -0.4 is 4.72 Å². The van der Waals surface area contributed by atoms with Crippen LogP contribution in [0.25, 0.3) is 0 Å². The Morgan fingerprint density at radius 1 is 1.56 bits per heavy atom. The van der Waals surface area contributed by atoms with E-state index < -0.39 is 16.0 Å². The van der Waals surface area contributed by atoms with Gasteiger partial charge in [-0.25, -0.2) is 13.2 Å². The van der Waals surface area contributed by atoms with Gasteiger partial charge >= 0.3 is 5.97 Å². The molecular weight excluding hydrogens is 274 g/mol. The van der Waals surface area contributed by atoms with Crippen LogP contribution in [0.15, 0.2) is 11.4 Å². The van der Waals surface area contributed by atoms with Crippen molar-refractivity contribution in [3.8, 4) is 0 Å². The summed E-state index contributed by atoms with van der Waals surface area (Å²) in [6, 6.07) is 1.49. The first-order chi connectivity index (χ1) is 8.50. The molecule has 1 aromatic heterocycles. The highest BCUT2D eigenvalue weighted by Crippen LogP contribution is 2.33. The van der Waals surface area contributed by atoms with Gasteiger partial charge in [-0.3, -0.25) is 4.72 Å². The van der Waals surface area contributed by atoms with Crippen molar-refractivity contribution in [3.05, 3.63) is 17.0 Å². The minimum absolute atomic E-state index is 0.142. The molecule has 0 aliphatic heterocycles. The van der Waals surface area contributed by atoms with Crippen molar-refractivity contribution in [1.82, 2.24) is 0 Å². The van der Waals surface area contributed by atoms with Crippen molar-refractivity contribution in [3.63, 3.8) is 0 Å². The van der Waals surface area contributed by atoms with Crippen LogP contribution >= 0.6 is 11.3 Å². The number of methoxy groups -OCH3 is 1. The summed E-state index contributed by atoms with van der Waals surface area (Å²) < 4.78 is 30.6. The minimum atomic E-state index is -3.30. The molecule has 18 heavy (non-hydrogen) atoms. The molecule has 1 saturated carbocycles. The Labute approximate surface area is 110 Å². The first-order valence-corrected chi connectivity index (χ1v) is 8.21. The highest BCUT2D eigenvalue weighted by Gasteiger charge is 2.24. The summed E-state index contributed by atoms with van der Waals surface area (Å²) in [4.78, 5) is 11.2. The van der Waals surface area contributed by atoms with Gasteiger partial charge in [-0.2, -0.15) is 0 Å². The summed E-state index contributed by atoms with van der Waals surface area (Å²) in [6.07, 6.45) is 2.99. The topological polar surface area (TPSA) is 72.5 Å².